The fourth-order valence-corrected chi connectivity index (χ4v) is 6.19. The standard InChI is InChI=1S/C25H31N3O4S/c1-3-26(4-2)33(31,32)22-14-15-23-20(18-22)8-7-17-28(23)25(30)19-10-12-21(13-11-19)27-16-6-5-9-24(27)29/h10-15,18H,3-9,16-17H2,1-2H3. The van der Waals surface area contributed by atoms with Gasteiger partial charge in [-0.1, -0.05) is 13.8 Å². The third-order valence-corrected chi connectivity index (χ3v) is 8.55. The zero-order valence-electron chi connectivity index (χ0n) is 19.3. The minimum absolute atomic E-state index is 0.119. The molecule has 0 saturated carbocycles. The molecule has 4 rings (SSSR count). The minimum Gasteiger partial charge on any atom is -0.312 e. The number of anilines is 2. The number of amides is 2. The van der Waals surface area contributed by atoms with Crippen LogP contribution in [0.2, 0.25) is 0 Å². The van der Waals surface area contributed by atoms with Gasteiger partial charge in [0.15, 0.2) is 0 Å². The second-order valence-corrected chi connectivity index (χ2v) is 10.4. The summed E-state index contributed by atoms with van der Waals surface area (Å²) >= 11 is 0. The van der Waals surface area contributed by atoms with Gasteiger partial charge < -0.3 is 9.80 Å². The van der Waals surface area contributed by atoms with Gasteiger partial charge in [-0.15, -0.1) is 0 Å². The van der Waals surface area contributed by atoms with Crippen molar-refractivity contribution in [1.29, 1.82) is 0 Å². The summed E-state index contributed by atoms with van der Waals surface area (Å²) < 4.78 is 27.3. The maximum atomic E-state index is 13.3. The first-order valence-electron chi connectivity index (χ1n) is 11.7. The lowest BCUT2D eigenvalue weighted by molar-refractivity contribution is -0.119. The van der Waals surface area contributed by atoms with Crippen molar-refractivity contribution in [2.75, 3.05) is 36.0 Å². The molecule has 1 fully saturated rings. The number of fused-ring (bicyclic) bond motifs is 1. The summed E-state index contributed by atoms with van der Waals surface area (Å²) in [4.78, 5) is 29.3. The van der Waals surface area contributed by atoms with Crippen molar-refractivity contribution in [2.45, 2.75) is 50.8 Å². The van der Waals surface area contributed by atoms with Crippen molar-refractivity contribution >= 4 is 33.2 Å². The maximum Gasteiger partial charge on any atom is 0.258 e. The summed E-state index contributed by atoms with van der Waals surface area (Å²) in [6.07, 6.45) is 3.99. The molecule has 2 aliphatic heterocycles. The number of piperidine rings is 1. The van der Waals surface area contributed by atoms with Crippen molar-refractivity contribution in [2.24, 2.45) is 0 Å². The molecule has 0 unspecified atom stereocenters. The van der Waals surface area contributed by atoms with Crippen molar-refractivity contribution in [3.05, 3.63) is 53.6 Å². The Bertz CT molecular complexity index is 1140. The largest absolute Gasteiger partial charge is 0.312 e. The molecule has 0 spiro atoms. The average Bonchev–Trinajstić information content (AvgIpc) is 2.84. The van der Waals surface area contributed by atoms with E-state index in [4.69, 9.17) is 0 Å². The Morgan fingerprint density at radius 1 is 0.939 bits per heavy atom. The summed E-state index contributed by atoms with van der Waals surface area (Å²) in [5.74, 6) is 0.00701. The predicted molar refractivity (Wildman–Crippen MR) is 129 cm³/mol. The molecule has 176 valence electrons. The van der Waals surface area contributed by atoms with Gasteiger partial charge in [-0.05, 0) is 73.7 Å². The third kappa shape index (κ3) is 4.54. The molecule has 0 aliphatic carbocycles. The summed E-state index contributed by atoms with van der Waals surface area (Å²) in [6.45, 7) is 5.78. The second kappa shape index (κ2) is 9.65. The van der Waals surface area contributed by atoms with E-state index in [1.54, 1.807) is 40.1 Å². The highest BCUT2D eigenvalue weighted by Crippen LogP contribution is 2.32. The molecule has 2 aromatic rings. The molecule has 8 heteroatoms. The van der Waals surface area contributed by atoms with Crippen LogP contribution in [0.3, 0.4) is 0 Å². The third-order valence-electron chi connectivity index (χ3n) is 6.51. The van der Waals surface area contributed by atoms with Gasteiger partial charge in [0, 0.05) is 49.5 Å². The molecule has 1 saturated heterocycles. The maximum absolute atomic E-state index is 13.3. The van der Waals surface area contributed by atoms with Crippen LogP contribution < -0.4 is 9.80 Å². The van der Waals surface area contributed by atoms with Crippen LogP contribution in [0.1, 0.15) is 55.5 Å². The Morgan fingerprint density at radius 2 is 1.67 bits per heavy atom. The monoisotopic (exact) mass is 469 g/mol. The van der Waals surface area contributed by atoms with E-state index in [9.17, 15) is 18.0 Å². The van der Waals surface area contributed by atoms with Crippen molar-refractivity contribution in [3.63, 3.8) is 0 Å². The Morgan fingerprint density at radius 3 is 2.33 bits per heavy atom. The van der Waals surface area contributed by atoms with Crippen LogP contribution in [0, 0.1) is 0 Å². The van der Waals surface area contributed by atoms with Gasteiger partial charge in [-0.25, -0.2) is 8.42 Å². The number of rotatable bonds is 6. The fourth-order valence-electron chi connectivity index (χ4n) is 4.68. The highest BCUT2D eigenvalue weighted by atomic mass is 32.2. The van der Waals surface area contributed by atoms with E-state index in [1.807, 2.05) is 26.0 Å². The number of aryl methyl sites for hydroxylation is 1. The molecular weight excluding hydrogens is 438 g/mol. The number of hydrogen-bond donors (Lipinski definition) is 0. The second-order valence-electron chi connectivity index (χ2n) is 8.49. The molecule has 0 bridgehead atoms. The summed E-state index contributed by atoms with van der Waals surface area (Å²) in [7, 11) is -3.55. The minimum atomic E-state index is -3.55. The number of hydrogen-bond acceptors (Lipinski definition) is 4. The number of sulfonamides is 1. The number of benzene rings is 2. The lowest BCUT2D eigenvalue weighted by Crippen LogP contribution is -2.36. The first kappa shape index (κ1) is 23.4. The number of carbonyl (C=O) groups excluding carboxylic acids is 2. The van der Waals surface area contributed by atoms with Gasteiger partial charge in [-0.3, -0.25) is 9.59 Å². The first-order valence-corrected chi connectivity index (χ1v) is 13.2. The van der Waals surface area contributed by atoms with Gasteiger partial charge in [0.05, 0.1) is 4.90 Å². The van der Waals surface area contributed by atoms with Gasteiger partial charge >= 0.3 is 0 Å². The van der Waals surface area contributed by atoms with Crippen LogP contribution in [0.4, 0.5) is 11.4 Å². The Balaban J connectivity index is 1.58. The first-order chi connectivity index (χ1) is 15.9. The van der Waals surface area contributed by atoms with E-state index in [-0.39, 0.29) is 16.7 Å². The normalized spacial score (nSPS) is 16.8. The molecule has 2 heterocycles. The zero-order chi connectivity index (χ0) is 23.6. The van der Waals surface area contributed by atoms with Crippen molar-refractivity contribution in [1.82, 2.24) is 4.31 Å². The topological polar surface area (TPSA) is 78.0 Å². The Hall–Kier alpha value is -2.71. The van der Waals surface area contributed by atoms with Crippen molar-refractivity contribution < 1.29 is 18.0 Å². The molecule has 0 radical (unpaired) electrons. The summed E-state index contributed by atoms with van der Waals surface area (Å²) in [6, 6.07) is 12.3. The molecule has 2 aromatic carbocycles. The van der Waals surface area contributed by atoms with Crippen LogP contribution in [-0.4, -0.2) is 50.7 Å². The average molecular weight is 470 g/mol. The van der Waals surface area contributed by atoms with Crippen LogP contribution in [-0.2, 0) is 21.2 Å². The van der Waals surface area contributed by atoms with E-state index < -0.39 is 10.0 Å². The van der Waals surface area contributed by atoms with Crippen LogP contribution in [0.15, 0.2) is 47.4 Å². The number of nitrogens with zero attached hydrogens (tertiary/aromatic N) is 3. The number of carbonyl (C=O) groups is 2. The highest BCUT2D eigenvalue weighted by Gasteiger charge is 2.28. The van der Waals surface area contributed by atoms with Gasteiger partial charge in [0.25, 0.3) is 5.91 Å². The summed E-state index contributed by atoms with van der Waals surface area (Å²) in [5, 5.41) is 0. The van der Waals surface area contributed by atoms with Crippen LogP contribution >= 0.6 is 0 Å². The van der Waals surface area contributed by atoms with E-state index in [0.29, 0.717) is 38.2 Å². The lowest BCUT2D eigenvalue weighted by Gasteiger charge is -2.31. The molecule has 2 aliphatic rings. The van der Waals surface area contributed by atoms with Crippen molar-refractivity contribution in [3.8, 4) is 0 Å². The van der Waals surface area contributed by atoms with E-state index in [0.717, 1.165) is 42.6 Å². The fraction of sp³-hybridized carbons (Fsp3) is 0.440. The van der Waals surface area contributed by atoms with E-state index in [1.165, 1.54) is 4.31 Å². The molecule has 33 heavy (non-hydrogen) atoms. The molecule has 7 nitrogen and oxygen atoms in total. The lowest BCUT2D eigenvalue weighted by atomic mass is 10.0. The molecule has 0 N–H and O–H groups in total. The van der Waals surface area contributed by atoms with E-state index >= 15 is 0 Å². The molecular formula is C25H31N3O4S. The van der Waals surface area contributed by atoms with Gasteiger partial charge in [-0.2, -0.15) is 4.31 Å². The quantitative estimate of drug-likeness (QED) is 0.644. The molecule has 2 amide bonds. The molecule has 0 atom stereocenters. The SMILES string of the molecule is CCN(CC)S(=O)(=O)c1ccc2c(c1)CCCN2C(=O)c1ccc(N2CCCCC2=O)cc1. The zero-order valence-corrected chi connectivity index (χ0v) is 20.1. The highest BCUT2D eigenvalue weighted by molar-refractivity contribution is 7.89. The van der Waals surface area contributed by atoms with Crippen LogP contribution in [0.5, 0.6) is 0 Å². The summed E-state index contributed by atoms with van der Waals surface area (Å²) in [5.41, 5.74) is 3.01. The smallest absolute Gasteiger partial charge is 0.258 e. The Kier molecular flexibility index (Phi) is 6.86. The van der Waals surface area contributed by atoms with Crippen LogP contribution in [0.25, 0.3) is 0 Å². The van der Waals surface area contributed by atoms with Gasteiger partial charge in [0.1, 0.15) is 0 Å². The predicted octanol–water partition coefficient (Wildman–Crippen LogP) is 3.83. The van der Waals surface area contributed by atoms with Gasteiger partial charge in [0.2, 0.25) is 15.9 Å². The molecule has 0 aromatic heterocycles. The Labute approximate surface area is 196 Å². The van der Waals surface area contributed by atoms with E-state index in [2.05, 4.69) is 0 Å².